The van der Waals surface area contributed by atoms with Crippen LogP contribution >= 0.6 is 11.3 Å². The van der Waals surface area contributed by atoms with E-state index in [0.717, 1.165) is 30.7 Å². The molecule has 0 aromatic carbocycles. The molecule has 1 fully saturated rings. The fourth-order valence-electron chi connectivity index (χ4n) is 3.02. The molecule has 1 aromatic heterocycles. The van der Waals surface area contributed by atoms with Crippen LogP contribution in [0.1, 0.15) is 74.3 Å². The Morgan fingerprint density at radius 3 is 2.68 bits per heavy atom. The number of aromatic nitrogens is 1. The summed E-state index contributed by atoms with van der Waals surface area (Å²) >= 11 is 1.44. The van der Waals surface area contributed by atoms with Gasteiger partial charge in [-0.3, -0.25) is 4.79 Å². The normalized spacial score (nSPS) is 15.0. The van der Waals surface area contributed by atoms with E-state index in [-0.39, 0.29) is 11.9 Å². The van der Waals surface area contributed by atoms with Crippen molar-refractivity contribution < 1.29 is 9.59 Å². The summed E-state index contributed by atoms with van der Waals surface area (Å²) in [5.41, 5.74) is 0.442. The van der Waals surface area contributed by atoms with Crippen molar-refractivity contribution >= 4 is 23.3 Å². The van der Waals surface area contributed by atoms with Crippen LogP contribution in [0.3, 0.4) is 0 Å². The van der Waals surface area contributed by atoms with Crippen molar-refractivity contribution in [1.82, 2.24) is 20.5 Å². The second-order valence-corrected chi connectivity index (χ2v) is 7.53. The number of urea groups is 1. The molecule has 0 unspecified atom stereocenters. The lowest BCUT2D eigenvalue weighted by molar-refractivity contribution is 0.0949. The summed E-state index contributed by atoms with van der Waals surface area (Å²) in [6, 6.07) is 0.285. The molecule has 0 saturated heterocycles. The molecule has 1 aliphatic carbocycles. The van der Waals surface area contributed by atoms with E-state index >= 15 is 0 Å². The van der Waals surface area contributed by atoms with Crippen molar-refractivity contribution in [3.05, 3.63) is 16.1 Å². The van der Waals surface area contributed by atoms with E-state index in [2.05, 4.69) is 22.5 Å². The zero-order valence-corrected chi connectivity index (χ0v) is 16.2. The zero-order chi connectivity index (χ0) is 18.1. The van der Waals surface area contributed by atoms with Gasteiger partial charge in [0, 0.05) is 24.5 Å². The third-order valence-corrected chi connectivity index (χ3v) is 5.19. The van der Waals surface area contributed by atoms with Crippen molar-refractivity contribution in [3.63, 3.8) is 0 Å². The first-order chi connectivity index (χ1) is 12.1. The number of carbonyl (C=O) groups is 2. The van der Waals surface area contributed by atoms with E-state index in [4.69, 9.17) is 0 Å². The van der Waals surface area contributed by atoms with Gasteiger partial charge in [0.25, 0.3) is 5.91 Å². The number of nitrogens with zero attached hydrogens (tertiary/aromatic N) is 2. The summed E-state index contributed by atoms with van der Waals surface area (Å²) < 4.78 is 0. The van der Waals surface area contributed by atoms with Gasteiger partial charge < -0.3 is 15.5 Å². The molecule has 25 heavy (non-hydrogen) atoms. The van der Waals surface area contributed by atoms with Gasteiger partial charge in [-0.2, -0.15) is 0 Å². The number of amides is 3. The van der Waals surface area contributed by atoms with Gasteiger partial charge in [-0.1, -0.05) is 33.1 Å². The summed E-state index contributed by atoms with van der Waals surface area (Å²) in [4.78, 5) is 30.8. The predicted octanol–water partition coefficient (Wildman–Crippen LogP) is 3.54. The van der Waals surface area contributed by atoms with Gasteiger partial charge in [0.1, 0.15) is 10.7 Å². The van der Waals surface area contributed by atoms with E-state index in [0.29, 0.717) is 31.4 Å². The third kappa shape index (κ3) is 6.30. The maximum atomic E-state index is 12.6. The minimum absolute atomic E-state index is 0.0130. The molecule has 0 radical (unpaired) electrons. The van der Waals surface area contributed by atoms with Gasteiger partial charge in [0.05, 0.1) is 6.54 Å². The quantitative estimate of drug-likeness (QED) is 0.739. The molecule has 140 valence electrons. The lowest BCUT2D eigenvalue weighted by atomic mass is 9.96. The number of nitrogens with one attached hydrogen (secondary N) is 2. The van der Waals surface area contributed by atoms with E-state index in [1.165, 1.54) is 30.6 Å². The molecule has 3 amide bonds. The predicted molar refractivity (Wildman–Crippen MR) is 101 cm³/mol. The summed E-state index contributed by atoms with van der Waals surface area (Å²) in [5, 5.41) is 8.56. The largest absolute Gasteiger partial charge is 0.351 e. The molecular formula is C18H30N4O2S. The Morgan fingerprint density at radius 1 is 1.24 bits per heavy atom. The Labute approximate surface area is 154 Å². The zero-order valence-electron chi connectivity index (χ0n) is 15.3. The Morgan fingerprint density at radius 2 is 2.00 bits per heavy atom. The molecular weight excluding hydrogens is 336 g/mol. The number of thiazole rings is 1. The van der Waals surface area contributed by atoms with Crippen LogP contribution in [0.25, 0.3) is 0 Å². The topological polar surface area (TPSA) is 74.3 Å². The monoisotopic (exact) mass is 366 g/mol. The van der Waals surface area contributed by atoms with Gasteiger partial charge >= 0.3 is 6.03 Å². The second-order valence-electron chi connectivity index (χ2n) is 6.59. The molecule has 7 heteroatoms. The fourth-order valence-corrected chi connectivity index (χ4v) is 3.80. The minimum Gasteiger partial charge on any atom is -0.351 e. The van der Waals surface area contributed by atoms with Crippen molar-refractivity contribution in [2.45, 2.75) is 71.4 Å². The highest BCUT2D eigenvalue weighted by Gasteiger charge is 2.21. The van der Waals surface area contributed by atoms with E-state index < -0.39 is 0 Å². The van der Waals surface area contributed by atoms with Crippen LogP contribution in [0.5, 0.6) is 0 Å². The van der Waals surface area contributed by atoms with Crippen molar-refractivity contribution in [3.8, 4) is 0 Å². The smallest absolute Gasteiger partial charge is 0.317 e. The molecule has 2 rings (SSSR count). The molecule has 6 nitrogen and oxygen atoms in total. The highest BCUT2D eigenvalue weighted by atomic mass is 32.1. The molecule has 1 saturated carbocycles. The maximum absolute atomic E-state index is 12.6. The first-order valence-electron chi connectivity index (χ1n) is 9.42. The van der Waals surface area contributed by atoms with E-state index in [1.807, 2.05) is 6.92 Å². The standard InChI is InChI=1S/C18H30N4O2S/c1-3-10-19-17(23)15-13-25-16(21-15)12-22(11-4-2)18(24)20-14-8-6-5-7-9-14/h13-14H,3-12H2,1-2H3,(H,19,23)(H,20,24). The number of carbonyl (C=O) groups excluding carboxylic acids is 2. The van der Waals surface area contributed by atoms with Crippen molar-refractivity contribution in [1.29, 1.82) is 0 Å². The highest BCUT2D eigenvalue weighted by Crippen LogP contribution is 2.18. The van der Waals surface area contributed by atoms with Gasteiger partial charge in [-0.05, 0) is 25.7 Å². The van der Waals surface area contributed by atoms with Crippen LogP contribution in [-0.4, -0.2) is 41.0 Å². The van der Waals surface area contributed by atoms with Gasteiger partial charge in [0.2, 0.25) is 0 Å². The molecule has 1 aromatic rings. The fraction of sp³-hybridized carbons (Fsp3) is 0.722. The minimum atomic E-state index is -0.141. The summed E-state index contributed by atoms with van der Waals surface area (Å²) in [5.74, 6) is -0.141. The van der Waals surface area contributed by atoms with Crippen LogP contribution in [0, 0.1) is 0 Å². The lowest BCUT2D eigenvalue weighted by Gasteiger charge is -2.27. The van der Waals surface area contributed by atoms with Gasteiger partial charge in [0.15, 0.2) is 0 Å². The molecule has 0 aliphatic heterocycles. The first kappa shape index (κ1) is 19.7. The Balaban J connectivity index is 1.92. The van der Waals surface area contributed by atoms with E-state index in [1.54, 1.807) is 10.3 Å². The summed E-state index contributed by atoms with van der Waals surface area (Å²) in [7, 11) is 0. The summed E-state index contributed by atoms with van der Waals surface area (Å²) in [6.45, 7) is 5.87. The average Bonchev–Trinajstić information content (AvgIpc) is 3.09. The maximum Gasteiger partial charge on any atom is 0.317 e. The average molecular weight is 367 g/mol. The second kappa shape index (κ2) is 10.4. The van der Waals surface area contributed by atoms with Crippen LogP contribution < -0.4 is 10.6 Å². The summed E-state index contributed by atoms with van der Waals surface area (Å²) in [6.07, 6.45) is 7.60. The Bertz CT molecular complexity index is 555. The molecule has 0 bridgehead atoms. The van der Waals surface area contributed by atoms with Crippen LogP contribution in [0.15, 0.2) is 5.38 Å². The SMILES string of the molecule is CCCNC(=O)c1csc(CN(CCC)C(=O)NC2CCCCC2)n1. The number of hydrogen-bond acceptors (Lipinski definition) is 4. The van der Waals surface area contributed by atoms with Crippen LogP contribution in [-0.2, 0) is 6.54 Å². The lowest BCUT2D eigenvalue weighted by Crippen LogP contribution is -2.45. The first-order valence-corrected chi connectivity index (χ1v) is 10.3. The molecule has 0 atom stereocenters. The highest BCUT2D eigenvalue weighted by molar-refractivity contribution is 7.09. The number of rotatable bonds is 8. The van der Waals surface area contributed by atoms with Crippen LogP contribution in [0.2, 0.25) is 0 Å². The number of hydrogen-bond donors (Lipinski definition) is 2. The molecule has 1 heterocycles. The van der Waals surface area contributed by atoms with Crippen molar-refractivity contribution in [2.75, 3.05) is 13.1 Å². The molecule has 1 aliphatic rings. The van der Waals surface area contributed by atoms with Gasteiger partial charge in [-0.25, -0.2) is 9.78 Å². The van der Waals surface area contributed by atoms with E-state index in [9.17, 15) is 9.59 Å². The molecule has 2 N–H and O–H groups in total. The van der Waals surface area contributed by atoms with Crippen molar-refractivity contribution in [2.24, 2.45) is 0 Å². The Hall–Kier alpha value is -1.63. The third-order valence-electron chi connectivity index (χ3n) is 4.36. The van der Waals surface area contributed by atoms with Gasteiger partial charge in [-0.15, -0.1) is 11.3 Å². The van der Waals surface area contributed by atoms with Crippen LogP contribution in [0.4, 0.5) is 4.79 Å². The Kier molecular flexibility index (Phi) is 8.18. The molecule has 0 spiro atoms.